The van der Waals surface area contributed by atoms with Gasteiger partial charge < -0.3 is 10.5 Å². The minimum Gasteiger partial charge on any atom is -0.449 e. The summed E-state index contributed by atoms with van der Waals surface area (Å²) in [6.45, 7) is 5.71. The summed E-state index contributed by atoms with van der Waals surface area (Å²) < 4.78 is 4.46. The molecule has 0 saturated carbocycles. The molecule has 0 aromatic carbocycles. The van der Waals surface area contributed by atoms with Crippen LogP contribution in [0.2, 0.25) is 0 Å². The molecule has 9 heavy (non-hydrogen) atoms. The Labute approximate surface area is 54.5 Å². The molecule has 2 N–H and O–H groups in total. The molecule has 0 heterocycles. The number of primary amides is 1. The van der Waals surface area contributed by atoms with E-state index in [-0.39, 0.29) is 5.92 Å². The molecule has 1 atom stereocenters. The van der Waals surface area contributed by atoms with Crippen LogP contribution in [0.15, 0.2) is 12.7 Å². The molecule has 0 spiro atoms. The van der Waals surface area contributed by atoms with Crippen molar-refractivity contribution in [2.75, 3.05) is 6.61 Å². The highest BCUT2D eigenvalue weighted by molar-refractivity contribution is 5.64. The third-order valence-electron chi connectivity index (χ3n) is 0.891. The van der Waals surface area contributed by atoms with Crippen molar-refractivity contribution in [2.45, 2.75) is 6.92 Å². The quantitative estimate of drug-likeness (QED) is 0.575. The molecule has 0 saturated heterocycles. The van der Waals surface area contributed by atoms with Gasteiger partial charge in [-0.05, 0) is 0 Å². The van der Waals surface area contributed by atoms with E-state index in [0.29, 0.717) is 6.61 Å². The summed E-state index contributed by atoms with van der Waals surface area (Å²) >= 11 is 0. The summed E-state index contributed by atoms with van der Waals surface area (Å²) in [5.74, 6) is 0.178. The van der Waals surface area contributed by atoms with Gasteiger partial charge in [0.2, 0.25) is 0 Å². The first-order valence-electron chi connectivity index (χ1n) is 2.71. The van der Waals surface area contributed by atoms with E-state index >= 15 is 0 Å². The Morgan fingerprint density at radius 3 is 2.89 bits per heavy atom. The van der Waals surface area contributed by atoms with Crippen molar-refractivity contribution in [1.82, 2.24) is 0 Å². The molecule has 1 amide bonds. The molecule has 0 aromatic heterocycles. The number of ether oxygens (including phenoxy) is 1. The largest absolute Gasteiger partial charge is 0.449 e. The predicted octanol–water partition coefficient (Wildman–Crippen LogP) is 0.904. The third kappa shape index (κ3) is 4.87. The monoisotopic (exact) mass is 129 g/mol. The first-order chi connectivity index (χ1) is 4.16. The SMILES string of the molecule is C=CC(C)COC(N)=O. The molecule has 0 aliphatic rings. The van der Waals surface area contributed by atoms with Gasteiger partial charge in [-0.1, -0.05) is 13.0 Å². The average Bonchev–Trinajstić information content (AvgIpc) is 1.83. The molecule has 52 valence electrons. The highest BCUT2D eigenvalue weighted by Crippen LogP contribution is 1.94. The lowest BCUT2D eigenvalue weighted by Crippen LogP contribution is -2.16. The standard InChI is InChI=1S/C6H11NO2/c1-3-5(2)4-9-6(7)8/h3,5H,1,4H2,2H3,(H2,7,8). The van der Waals surface area contributed by atoms with E-state index in [1.165, 1.54) is 0 Å². The highest BCUT2D eigenvalue weighted by atomic mass is 16.5. The molecule has 3 heteroatoms. The van der Waals surface area contributed by atoms with Crippen molar-refractivity contribution in [3.05, 3.63) is 12.7 Å². The normalized spacial score (nSPS) is 12.1. The maximum atomic E-state index is 9.99. The lowest BCUT2D eigenvalue weighted by molar-refractivity contribution is 0.147. The molecule has 0 aliphatic heterocycles. The van der Waals surface area contributed by atoms with Crippen molar-refractivity contribution in [3.8, 4) is 0 Å². The Balaban J connectivity index is 3.26. The van der Waals surface area contributed by atoms with Crippen LogP contribution >= 0.6 is 0 Å². The number of amides is 1. The van der Waals surface area contributed by atoms with Crippen LogP contribution in [-0.4, -0.2) is 12.7 Å². The van der Waals surface area contributed by atoms with E-state index in [0.717, 1.165) is 0 Å². The fraction of sp³-hybridized carbons (Fsp3) is 0.500. The van der Waals surface area contributed by atoms with Crippen LogP contribution in [0, 0.1) is 5.92 Å². The number of hydrogen-bond donors (Lipinski definition) is 1. The Morgan fingerprint density at radius 2 is 2.56 bits per heavy atom. The van der Waals surface area contributed by atoms with Crippen LogP contribution in [0.5, 0.6) is 0 Å². The summed E-state index contributed by atoms with van der Waals surface area (Å²) in [6.07, 6.45) is 0.965. The number of hydrogen-bond acceptors (Lipinski definition) is 2. The van der Waals surface area contributed by atoms with Gasteiger partial charge in [0.05, 0.1) is 6.61 Å². The van der Waals surface area contributed by atoms with Crippen LogP contribution in [0.4, 0.5) is 4.79 Å². The van der Waals surface area contributed by atoms with Gasteiger partial charge in [-0.25, -0.2) is 4.79 Å². The average molecular weight is 129 g/mol. The van der Waals surface area contributed by atoms with Crippen LogP contribution < -0.4 is 5.73 Å². The van der Waals surface area contributed by atoms with Gasteiger partial charge >= 0.3 is 6.09 Å². The molecule has 0 aliphatic carbocycles. The van der Waals surface area contributed by atoms with E-state index in [1.54, 1.807) is 6.08 Å². The van der Waals surface area contributed by atoms with Gasteiger partial charge in [0.15, 0.2) is 0 Å². The molecule has 3 nitrogen and oxygen atoms in total. The summed E-state index contributed by atoms with van der Waals surface area (Å²) in [5, 5.41) is 0. The van der Waals surface area contributed by atoms with Gasteiger partial charge in [0.1, 0.15) is 0 Å². The lowest BCUT2D eigenvalue weighted by atomic mass is 10.2. The highest BCUT2D eigenvalue weighted by Gasteiger charge is 1.97. The predicted molar refractivity (Wildman–Crippen MR) is 34.9 cm³/mol. The van der Waals surface area contributed by atoms with Gasteiger partial charge in [-0.3, -0.25) is 0 Å². The molecular formula is C6H11NO2. The summed E-state index contributed by atoms with van der Waals surface area (Å²) in [5.41, 5.74) is 4.70. The van der Waals surface area contributed by atoms with Crippen molar-refractivity contribution in [1.29, 1.82) is 0 Å². The van der Waals surface area contributed by atoms with Crippen LogP contribution in [0.25, 0.3) is 0 Å². The first-order valence-corrected chi connectivity index (χ1v) is 2.71. The molecule has 0 bridgehead atoms. The molecular weight excluding hydrogens is 118 g/mol. The zero-order chi connectivity index (χ0) is 7.28. The number of carbonyl (C=O) groups is 1. The van der Waals surface area contributed by atoms with Gasteiger partial charge in [-0.15, -0.1) is 6.58 Å². The first kappa shape index (κ1) is 8.01. The summed E-state index contributed by atoms with van der Waals surface area (Å²) in [7, 11) is 0. The molecule has 0 fully saturated rings. The Kier molecular flexibility index (Phi) is 3.51. The second kappa shape index (κ2) is 3.95. The van der Waals surface area contributed by atoms with Crippen molar-refractivity contribution >= 4 is 6.09 Å². The van der Waals surface area contributed by atoms with E-state index < -0.39 is 6.09 Å². The maximum absolute atomic E-state index is 9.99. The number of carbonyl (C=O) groups excluding carboxylic acids is 1. The minimum absolute atomic E-state index is 0.178. The van der Waals surface area contributed by atoms with Gasteiger partial charge in [0, 0.05) is 5.92 Å². The Morgan fingerprint density at radius 1 is 2.00 bits per heavy atom. The Hall–Kier alpha value is -0.990. The zero-order valence-corrected chi connectivity index (χ0v) is 5.46. The van der Waals surface area contributed by atoms with Crippen molar-refractivity contribution < 1.29 is 9.53 Å². The lowest BCUT2D eigenvalue weighted by Gasteiger charge is -2.03. The van der Waals surface area contributed by atoms with Crippen LogP contribution in [0.3, 0.4) is 0 Å². The van der Waals surface area contributed by atoms with E-state index in [1.807, 2.05) is 6.92 Å². The van der Waals surface area contributed by atoms with E-state index in [9.17, 15) is 4.79 Å². The van der Waals surface area contributed by atoms with E-state index in [2.05, 4.69) is 11.3 Å². The van der Waals surface area contributed by atoms with Gasteiger partial charge in [0.25, 0.3) is 0 Å². The molecule has 1 unspecified atom stereocenters. The van der Waals surface area contributed by atoms with Crippen molar-refractivity contribution in [3.63, 3.8) is 0 Å². The maximum Gasteiger partial charge on any atom is 0.404 e. The zero-order valence-electron chi connectivity index (χ0n) is 5.46. The van der Waals surface area contributed by atoms with Gasteiger partial charge in [-0.2, -0.15) is 0 Å². The van der Waals surface area contributed by atoms with E-state index in [4.69, 9.17) is 5.73 Å². The van der Waals surface area contributed by atoms with Crippen LogP contribution in [-0.2, 0) is 4.74 Å². The second-order valence-electron chi connectivity index (χ2n) is 1.84. The number of nitrogens with two attached hydrogens (primary N) is 1. The number of rotatable bonds is 3. The smallest absolute Gasteiger partial charge is 0.404 e. The molecule has 0 aromatic rings. The molecule has 0 radical (unpaired) electrons. The second-order valence-corrected chi connectivity index (χ2v) is 1.84. The fourth-order valence-corrected chi connectivity index (χ4v) is 0.282. The summed E-state index contributed by atoms with van der Waals surface area (Å²) in [6, 6.07) is 0. The fourth-order valence-electron chi connectivity index (χ4n) is 0.282. The minimum atomic E-state index is -0.733. The third-order valence-corrected chi connectivity index (χ3v) is 0.891. The summed E-state index contributed by atoms with van der Waals surface area (Å²) in [4.78, 5) is 9.99. The van der Waals surface area contributed by atoms with Crippen LogP contribution in [0.1, 0.15) is 6.92 Å². The van der Waals surface area contributed by atoms with Crippen molar-refractivity contribution in [2.24, 2.45) is 11.7 Å². The topological polar surface area (TPSA) is 52.3 Å². The Bertz CT molecular complexity index is 112. The molecule has 0 rings (SSSR count).